The van der Waals surface area contributed by atoms with Crippen LogP contribution in [0.25, 0.3) is 17.2 Å². The zero-order chi connectivity index (χ0) is 12.3. The maximum absolute atomic E-state index is 4.20. The van der Waals surface area contributed by atoms with Crippen molar-refractivity contribution in [2.24, 2.45) is 12.0 Å². The Kier molecular flexibility index (Phi) is 3.19. The lowest BCUT2D eigenvalue weighted by Crippen LogP contribution is -1.85. The summed E-state index contributed by atoms with van der Waals surface area (Å²) in [7, 11) is 1.91. The van der Waals surface area contributed by atoms with Crippen molar-refractivity contribution in [3.8, 4) is 11.1 Å². The summed E-state index contributed by atoms with van der Waals surface area (Å²) in [5.74, 6) is 0. The Balaban J connectivity index is 2.64. The molecule has 0 aliphatic carbocycles. The van der Waals surface area contributed by atoms with Gasteiger partial charge in [0.2, 0.25) is 0 Å². The van der Waals surface area contributed by atoms with E-state index in [9.17, 15) is 0 Å². The fraction of sp³-hybridized carbons (Fsp3) is 0.143. The van der Waals surface area contributed by atoms with Crippen molar-refractivity contribution in [2.45, 2.75) is 6.92 Å². The predicted octanol–water partition coefficient (Wildman–Crippen LogP) is 3.45. The highest BCUT2D eigenvalue weighted by Crippen LogP contribution is 2.31. The summed E-state index contributed by atoms with van der Waals surface area (Å²) in [4.78, 5) is 4.05. The van der Waals surface area contributed by atoms with Crippen molar-refractivity contribution >= 4 is 18.5 Å². The molecule has 2 aromatic rings. The maximum atomic E-state index is 4.20. The summed E-state index contributed by atoms with van der Waals surface area (Å²) in [5, 5.41) is 4.20. The van der Waals surface area contributed by atoms with E-state index in [4.69, 9.17) is 0 Å². The van der Waals surface area contributed by atoms with Crippen molar-refractivity contribution in [3.63, 3.8) is 0 Å². The first-order chi connectivity index (χ1) is 8.26. The third kappa shape index (κ3) is 2.18. The van der Waals surface area contributed by atoms with E-state index in [1.54, 1.807) is 4.68 Å². The lowest BCUT2D eigenvalue weighted by atomic mass is 10.0. The summed E-state index contributed by atoms with van der Waals surface area (Å²) in [6.45, 7) is 5.60. The van der Waals surface area contributed by atoms with Gasteiger partial charge in [-0.15, -0.1) is 0 Å². The van der Waals surface area contributed by atoms with Crippen LogP contribution in [0.1, 0.15) is 12.5 Å². The van der Waals surface area contributed by atoms with Crippen LogP contribution < -0.4 is 0 Å². The monoisotopic (exact) mass is 225 g/mol. The Morgan fingerprint density at radius 3 is 2.82 bits per heavy atom. The molecule has 0 fully saturated rings. The lowest BCUT2D eigenvalue weighted by Gasteiger charge is -2.06. The highest BCUT2D eigenvalue weighted by molar-refractivity contribution is 5.81. The van der Waals surface area contributed by atoms with Gasteiger partial charge in [0.05, 0.1) is 11.9 Å². The minimum absolute atomic E-state index is 0.893. The van der Waals surface area contributed by atoms with Crippen molar-refractivity contribution in [2.75, 3.05) is 0 Å². The third-order valence-corrected chi connectivity index (χ3v) is 2.60. The van der Waals surface area contributed by atoms with Crippen LogP contribution in [0.4, 0.5) is 5.69 Å². The van der Waals surface area contributed by atoms with Crippen LogP contribution in [-0.2, 0) is 7.05 Å². The van der Waals surface area contributed by atoms with Gasteiger partial charge >= 0.3 is 0 Å². The second-order valence-electron chi connectivity index (χ2n) is 3.80. The molecule has 3 heteroatoms. The standard InChI is InChI=1S/C14H15N3/c1-4-6-13-12(7-5-8-14(13)15-2)11-9-16-17(3)10-11/h4-10H,2H2,1,3H3/b6-4-. The van der Waals surface area contributed by atoms with Gasteiger partial charge in [0.1, 0.15) is 0 Å². The Bertz CT molecular complexity index is 565. The van der Waals surface area contributed by atoms with Crippen LogP contribution in [0.5, 0.6) is 0 Å². The number of allylic oxidation sites excluding steroid dienone is 1. The molecule has 0 saturated carbocycles. The van der Waals surface area contributed by atoms with E-state index in [0.717, 1.165) is 22.4 Å². The fourth-order valence-corrected chi connectivity index (χ4v) is 1.84. The Labute approximate surface area is 101 Å². The molecule has 0 saturated heterocycles. The van der Waals surface area contributed by atoms with Gasteiger partial charge in [-0.2, -0.15) is 5.10 Å². The molecule has 2 rings (SSSR count). The average molecular weight is 225 g/mol. The molecule has 0 unspecified atom stereocenters. The molecule has 0 atom stereocenters. The van der Waals surface area contributed by atoms with Crippen LogP contribution >= 0.6 is 0 Å². The molecular weight excluding hydrogens is 210 g/mol. The predicted molar refractivity (Wildman–Crippen MR) is 72.6 cm³/mol. The van der Waals surface area contributed by atoms with Crippen molar-refractivity contribution in [1.29, 1.82) is 0 Å². The molecule has 86 valence electrons. The second-order valence-corrected chi connectivity index (χ2v) is 3.80. The largest absolute Gasteiger partial charge is 0.275 e. The molecule has 0 aliphatic heterocycles. The van der Waals surface area contributed by atoms with E-state index in [1.807, 2.05) is 50.6 Å². The summed E-state index contributed by atoms with van der Waals surface area (Å²) < 4.78 is 1.79. The zero-order valence-electron chi connectivity index (χ0n) is 10.1. The smallest absolute Gasteiger partial charge is 0.0700 e. The topological polar surface area (TPSA) is 30.2 Å². The zero-order valence-corrected chi connectivity index (χ0v) is 10.1. The highest BCUT2D eigenvalue weighted by atomic mass is 15.2. The molecule has 17 heavy (non-hydrogen) atoms. The second kappa shape index (κ2) is 4.78. The molecule has 0 spiro atoms. The van der Waals surface area contributed by atoms with Crippen LogP contribution in [0.3, 0.4) is 0 Å². The molecule has 0 aliphatic rings. The normalized spacial score (nSPS) is 10.9. The number of hydrogen-bond donors (Lipinski definition) is 0. The van der Waals surface area contributed by atoms with Crippen molar-refractivity contribution in [1.82, 2.24) is 9.78 Å². The van der Waals surface area contributed by atoms with Gasteiger partial charge in [-0.1, -0.05) is 24.3 Å². The number of aliphatic imine (C=N–C) groups is 1. The molecule has 1 aromatic heterocycles. The molecule has 0 radical (unpaired) electrons. The first-order valence-electron chi connectivity index (χ1n) is 5.47. The quantitative estimate of drug-likeness (QED) is 0.736. The van der Waals surface area contributed by atoms with Gasteiger partial charge < -0.3 is 0 Å². The van der Waals surface area contributed by atoms with Crippen LogP contribution in [0, 0.1) is 0 Å². The van der Waals surface area contributed by atoms with E-state index in [1.165, 1.54) is 0 Å². The van der Waals surface area contributed by atoms with Crippen LogP contribution in [0.2, 0.25) is 0 Å². The summed E-state index contributed by atoms with van der Waals surface area (Å²) >= 11 is 0. The van der Waals surface area contributed by atoms with Crippen molar-refractivity contribution < 1.29 is 0 Å². The summed E-state index contributed by atoms with van der Waals surface area (Å²) in [5.41, 5.74) is 4.19. The average Bonchev–Trinajstić information content (AvgIpc) is 2.76. The summed E-state index contributed by atoms with van der Waals surface area (Å²) in [6.07, 6.45) is 7.90. The molecule has 1 aromatic carbocycles. The van der Waals surface area contributed by atoms with Gasteiger partial charge in [-0.05, 0) is 25.3 Å². The van der Waals surface area contributed by atoms with E-state index in [2.05, 4.69) is 22.9 Å². The molecule has 0 amide bonds. The van der Waals surface area contributed by atoms with Gasteiger partial charge in [0.25, 0.3) is 0 Å². The lowest BCUT2D eigenvalue weighted by molar-refractivity contribution is 0.768. The Morgan fingerprint density at radius 2 is 2.24 bits per heavy atom. The van der Waals surface area contributed by atoms with E-state index in [-0.39, 0.29) is 0 Å². The van der Waals surface area contributed by atoms with Gasteiger partial charge in [-0.3, -0.25) is 9.67 Å². The molecule has 0 N–H and O–H groups in total. The van der Waals surface area contributed by atoms with Crippen LogP contribution in [0.15, 0.2) is 41.7 Å². The maximum Gasteiger partial charge on any atom is 0.0700 e. The van der Waals surface area contributed by atoms with Crippen molar-refractivity contribution in [3.05, 3.63) is 42.2 Å². The number of aryl methyl sites for hydroxylation is 1. The molecule has 3 nitrogen and oxygen atoms in total. The van der Waals surface area contributed by atoms with Crippen LogP contribution in [-0.4, -0.2) is 16.5 Å². The Hall–Kier alpha value is -2.16. The fourth-order valence-electron chi connectivity index (χ4n) is 1.84. The Morgan fingerprint density at radius 1 is 1.41 bits per heavy atom. The number of rotatable bonds is 3. The number of nitrogens with zero attached hydrogens (tertiary/aromatic N) is 3. The third-order valence-electron chi connectivity index (χ3n) is 2.60. The number of hydrogen-bond acceptors (Lipinski definition) is 2. The molecular formula is C14H15N3. The first kappa shape index (κ1) is 11.3. The minimum atomic E-state index is 0.893. The first-order valence-corrected chi connectivity index (χ1v) is 5.47. The minimum Gasteiger partial charge on any atom is -0.275 e. The van der Waals surface area contributed by atoms with Gasteiger partial charge in [-0.25, -0.2) is 0 Å². The molecule has 0 bridgehead atoms. The van der Waals surface area contributed by atoms with E-state index < -0.39 is 0 Å². The van der Waals surface area contributed by atoms with Gasteiger partial charge in [0.15, 0.2) is 0 Å². The molecule has 1 heterocycles. The number of aromatic nitrogens is 2. The highest BCUT2D eigenvalue weighted by Gasteiger charge is 2.08. The summed E-state index contributed by atoms with van der Waals surface area (Å²) in [6, 6.07) is 6.02. The van der Waals surface area contributed by atoms with E-state index in [0.29, 0.717) is 0 Å². The van der Waals surface area contributed by atoms with E-state index >= 15 is 0 Å². The number of benzene rings is 1. The van der Waals surface area contributed by atoms with Gasteiger partial charge in [0, 0.05) is 24.4 Å². The SMILES string of the molecule is C=Nc1cccc(-c2cnn(C)c2)c1/C=C\C.